The van der Waals surface area contributed by atoms with Gasteiger partial charge in [0.25, 0.3) is 0 Å². The third-order valence-corrected chi connectivity index (χ3v) is 6.01. The van der Waals surface area contributed by atoms with Gasteiger partial charge in [-0.3, -0.25) is 0 Å². The van der Waals surface area contributed by atoms with E-state index in [9.17, 15) is 25.2 Å². The summed E-state index contributed by atoms with van der Waals surface area (Å²) in [5.41, 5.74) is 2.79. The third kappa shape index (κ3) is 5.83. The Labute approximate surface area is 204 Å². The largest absolute Gasteiger partial charge is 0.491 e. The fourth-order valence-electron chi connectivity index (χ4n) is 3.88. The highest BCUT2D eigenvalue weighted by Gasteiger charge is 2.28. The molecule has 0 saturated carbocycles. The first-order valence-corrected chi connectivity index (χ1v) is 11.6. The monoisotopic (exact) mass is 486 g/mol. The van der Waals surface area contributed by atoms with E-state index in [1.807, 2.05) is 48.7 Å². The second-order valence-corrected chi connectivity index (χ2v) is 8.63. The van der Waals surface area contributed by atoms with Gasteiger partial charge < -0.3 is 39.8 Å². The van der Waals surface area contributed by atoms with E-state index in [0.717, 1.165) is 22.5 Å². The van der Waals surface area contributed by atoms with Gasteiger partial charge in [0.1, 0.15) is 18.5 Å². The second-order valence-electron chi connectivity index (χ2n) is 8.63. The normalized spacial score (nSPS) is 12.7. The number of rotatable bonds is 12. The van der Waals surface area contributed by atoms with Crippen LogP contribution in [0.4, 0.5) is 0 Å². The molecule has 9 nitrogen and oxygen atoms in total. The topological polar surface area (TPSA) is 133 Å². The van der Waals surface area contributed by atoms with Crippen molar-refractivity contribution in [3.05, 3.63) is 59.3 Å². The van der Waals surface area contributed by atoms with Crippen molar-refractivity contribution >= 4 is 16.9 Å². The van der Waals surface area contributed by atoms with Gasteiger partial charge in [-0.15, -0.1) is 0 Å². The predicted octanol–water partition coefficient (Wildman–Crippen LogP) is 1.47. The van der Waals surface area contributed by atoms with Crippen LogP contribution in [0.2, 0.25) is 0 Å². The van der Waals surface area contributed by atoms with Gasteiger partial charge in [0.2, 0.25) is 0 Å². The quantitative estimate of drug-likeness (QED) is 0.243. The number of aliphatic hydroxyl groups excluding tert-OH is 4. The van der Waals surface area contributed by atoms with E-state index in [-0.39, 0.29) is 19.8 Å². The van der Waals surface area contributed by atoms with Gasteiger partial charge in [0.15, 0.2) is 0 Å². The summed E-state index contributed by atoms with van der Waals surface area (Å²) in [7, 11) is 0. The van der Waals surface area contributed by atoms with Crippen molar-refractivity contribution in [2.75, 3.05) is 39.6 Å². The Hall–Kier alpha value is -2.95. The van der Waals surface area contributed by atoms with Crippen molar-refractivity contribution in [3.63, 3.8) is 0 Å². The number of esters is 1. The van der Waals surface area contributed by atoms with E-state index in [2.05, 4.69) is 5.32 Å². The minimum Gasteiger partial charge on any atom is -0.491 e. The fraction of sp³-hybridized carbons (Fsp3) is 0.423. The maximum atomic E-state index is 12.8. The van der Waals surface area contributed by atoms with Gasteiger partial charge in [-0.2, -0.15) is 0 Å². The summed E-state index contributed by atoms with van der Waals surface area (Å²) in [6.45, 7) is 4.34. The summed E-state index contributed by atoms with van der Waals surface area (Å²) >= 11 is 0. The van der Waals surface area contributed by atoms with E-state index in [4.69, 9.17) is 9.47 Å². The first-order valence-electron chi connectivity index (χ1n) is 11.6. The smallest absolute Gasteiger partial charge is 0.340 e. The molecule has 1 aromatic heterocycles. The predicted molar refractivity (Wildman–Crippen MR) is 132 cm³/mol. The number of carbonyl (C=O) groups excluding carboxylic acids is 1. The summed E-state index contributed by atoms with van der Waals surface area (Å²) in [6, 6.07) is 13.4. The SMILES string of the molecule is CCOC(=O)c1c(C)n(-c2ccc(C)cc2)c2ccc(OC[C@H](O)CNC(CO)(CO)CO)cc12. The molecule has 1 atom stereocenters. The highest BCUT2D eigenvalue weighted by molar-refractivity contribution is 6.07. The Morgan fingerprint density at radius 2 is 1.71 bits per heavy atom. The number of nitrogens with zero attached hydrogens (tertiary/aromatic N) is 1. The van der Waals surface area contributed by atoms with Gasteiger partial charge in [0, 0.05) is 23.3 Å². The van der Waals surface area contributed by atoms with Crippen molar-refractivity contribution in [2.24, 2.45) is 0 Å². The Morgan fingerprint density at radius 1 is 1.06 bits per heavy atom. The van der Waals surface area contributed by atoms with E-state index < -0.39 is 37.4 Å². The van der Waals surface area contributed by atoms with Crippen molar-refractivity contribution in [2.45, 2.75) is 32.4 Å². The van der Waals surface area contributed by atoms with Crippen LogP contribution in [0.15, 0.2) is 42.5 Å². The van der Waals surface area contributed by atoms with Crippen molar-refractivity contribution in [3.8, 4) is 11.4 Å². The number of aliphatic hydroxyl groups is 4. The van der Waals surface area contributed by atoms with Crippen LogP contribution in [-0.4, -0.2) is 82.2 Å². The van der Waals surface area contributed by atoms with Crippen molar-refractivity contribution < 1.29 is 34.7 Å². The highest BCUT2D eigenvalue weighted by atomic mass is 16.5. The van der Waals surface area contributed by atoms with Gasteiger partial charge in [-0.05, 0) is 51.1 Å². The molecule has 35 heavy (non-hydrogen) atoms. The molecule has 0 aliphatic rings. The van der Waals surface area contributed by atoms with Crippen LogP contribution in [0.1, 0.15) is 28.5 Å². The van der Waals surface area contributed by atoms with E-state index >= 15 is 0 Å². The van der Waals surface area contributed by atoms with Crippen LogP contribution in [0.25, 0.3) is 16.6 Å². The Balaban J connectivity index is 1.87. The lowest BCUT2D eigenvalue weighted by atomic mass is 10.0. The molecule has 0 amide bonds. The zero-order valence-electron chi connectivity index (χ0n) is 20.3. The molecule has 1 heterocycles. The number of carbonyl (C=O) groups is 1. The number of hydrogen-bond donors (Lipinski definition) is 5. The van der Waals surface area contributed by atoms with Crippen LogP contribution < -0.4 is 10.1 Å². The van der Waals surface area contributed by atoms with Gasteiger partial charge in [-0.1, -0.05) is 17.7 Å². The van der Waals surface area contributed by atoms with Crippen molar-refractivity contribution in [1.29, 1.82) is 0 Å². The summed E-state index contributed by atoms with van der Waals surface area (Å²) in [6.07, 6.45) is -0.974. The number of benzene rings is 2. The van der Waals surface area contributed by atoms with Gasteiger partial charge in [0.05, 0.1) is 43.0 Å². The fourth-order valence-corrected chi connectivity index (χ4v) is 3.88. The molecule has 0 saturated heterocycles. The maximum Gasteiger partial charge on any atom is 0.340 e. The number of fused-ring (bicyclic) bond motifs is 1. The number of β-amino-alcohol motifs (C(OH)–C–C–N with tert-alkyl or cyclic N) is 1. The second kappa shape index (κ2) is 11.7. The lowest BCUT2D eigenvalue weighted by molar-refractivity contribution is 0.0260. The number of aromatic nitrogens is 1. The Morgan fingerprint density at radius 3 is 2.31 bits per heavy atom. The number of hydrogen-bond acceptors (Lipinski definition) is 8. The zero-order valence-corrected chi connectivity index (χ0v) is 20.3. The van der Waals surface area contributed by atoms with Crippen LogP contribution in [0.3, 0.4) is 0 Å². The van der Waals surface area contributed by atoms with E-state index in [1.54, 1.807) is 19.1 Å². The van der Waals surface area contributed by atoms with E-state index in [1.165, 1.54) is 0 Å². The third-order valence-electron chi connectivity index (χ3n) is 6.01. The number of nitrogens with one attached hydrogen (secondary N) is 1. The van der Waals surface area contributed by atoms with E-state index in [0.29, 0.717) is 16.7 Å². The molecule has 0 fully saturated rings. The average molecular weight is 487 g/mol. The minimum absolute atomic E-state index is 0.0130. The van der Waals surface area contributed by atoms with Crippen LogP contribution in [0.5, 0.6) is 5.75 Å². The minimum atomic E-state index is -1.29. The molecular weight excluding hydrogens is 452 g/mol. The summed E-state index contributed by atoms with van der Waals surface area (Å²) in [5.74, 6) is 0.0384. The Bertz CT molecular complexity index is 1130. The first kappa shape index (κ1) is 26.7. The molecule has 0 unspecified atom stereocenters. The first-order chi connectivity index (χ1) is 16.8. The molecule has 9 heteroatoms. The molecule has 0 spiro atoms. The number of ether oxygens (including phenoxy) is 2. The molecule has 3 aromatic rings. The molecule has 190 valence electrons. The molecule has 0 radical (unpaired) electrons. The van der Waals surface area contributed by atoms with Gasteiger partial charge >= 0.3 is 5.97 Å². The molecule has 2 aromatic carbocycles. The standard InChI is InChI=1S/C26H34N2O7/c1-4-34-25(33)24-18(3)28(19-7-5-17(2)6-8-19)23-10-9-21(11-22(23)24)35-13-20(32)12-27-26(14-29,15-30)16-31/h5-11,20,27,29-32H,4,12-16H2,1-3H3/t20-/m1/s1. The van der Waals surface area contributed by atoms with Crippen LogP contribution in [0, 0.1) is 13.8 Å². The maximum absolute atomic E-state index is 12.8. The molecule has 5 N–H and O–H groups in total. The summed E-state index contributed by atoms with van der Waals surface area (Å²) in [5, 5.41) is 41.9. The van der Waals surface area contributed by atoms with Crippen LogP contribution in [-0.2, 0) is 4.74 Å². The highest BCUT2D eigenvalue weighted by Crippen LogP contribution is 2.32. The molecule has 3 rings (SSSR count). The number of aryl methyl sites for hydroxylation is 1. The van der Waals surface area contributed by atoms with Crippen LogP contribution >= 0.6 is 0 Å². The van der Waals surface area contributed by atoms with Crippen molar-refractivity contribution in [1.82, 2.24) is 9.88 Å². The average Bonchev–Trinajstić information content (AvgIpc) is 3.15. The Kier molecular flexibility index (Phi) is 8.87. The summed E-state index contributed by atoms with van der Waals surface area (Å²) < 4.78 is 13.1. The molecule has 0 aliphatic carbocycles. The van der Waals surface area contributed by atoms with Gasteiger partial charge in [-0.25, -0.2) is 4.79 Å². The lowest BCUT2D eigenvalue weighted by Crippen LogP contribution is -2.57. The summed E-state index contributed by atoms with van der Waals surface area (Å²) in [4.78, 5) is 12.8. The zero-order chi connectivity index (χ0) is 25.6. The molecule has 0 bridgehead atoms. The lowest BCUT2D eigenvalue weighted by Gasteiger charge is -2.29. The molecule has 0 aliphatic heterocycles. The molecular formula is C26H34N2O7.